The van der Waals surface area contributed by atoms with Gasteiger partial charge in [0.2, 0.25) is 5.91 Å². The summed E-state index contributed by atoms with van der Waals surface area (Å²) in [4.78, 5) is 12.8. The van der Waals surface area contributed by atoms with Gasteiger partial charge in [-0.3, -0.25) is 4.79 Å². The molecular formula is C13H14BrClN2O2S. The number of anilines is 1. The number of hydrogen-bond acceptors (Lipinski definition) is 3. The van der Waals surface area contributed by atoms with Crippen molar-refractivity contribution in [3.63, 3.8) is 0 Å². The first kappa shape index (κ1) is 15.7. The maximum absolute atomic E-state index is 12.5. The molecule has 108 valence electrons. The van der Waals surface area contributed by atoms with Crippen LogP contribution in [0.2, 0.25) is 5.02 Å². The summed E-state index contributed by atoms with van der Waals surface area (Å²) in [5.41, 5.74) is 5.61. The summed E-state index contributed by atoms with van der Waals surface area (Å²) in [6.45, 7) is 0.962. The molecule has 0 saturated carbocycles. The average Bonchev–Trinajstić information content (AvgIpc) is 2.43. The van der Waals surface area contributed by atoms with Crippen molar-refractivity contribution >= 4 is 56.3 Å². The van der Waals surface area contributed by atoms with E-state index >= 15 is 0 Å². The highest BCUT2D eigenvalue weighted by Crippen LogP contribution is 2.33. The van der Waals surface area contributed by atoms with Gasteiger partial charge in [0.15, 0.2) is 0 Å². The first-order chi connectivity index (χ1) is 9.45. The molecular weight excluding hydrogens is 364 g/mol. The van der Waals surface area contributed by atoms with Gasteiger partial charge in [0, 0.05) is 23.4 Å². The van der Waals surface area contributed by atoms with Crippen molar-refractivity contribution in [1.82, 2.24) is 0 Å². The molecule has 20 heavy (non-hydrogen) atoms. The predicted octanol–water partition coefficient (Wildman–Crippen LogP) is 3.12. The van der Waals surface area contributed by atoms with Crippen LogP contribution in [-0.4, -0.2) is 24.1 Å². The van der Waals surface area contributed by atoms with Crippen LogP contribution in [-0.2, 0) is 9.53 Å². The molecule has 0 radical (unpaired) electrons. The third kappa shape index (κ3) is 3.14. The molecule has 1 aliphatic rings. The van der Waals surface area contributed by atoms with Crippen molar-refractivity contribution < 1.29 is 9.53 Å². The van der Waals surface area contributed by atoms with Gasteiger partial charge < -0.3 is 15.8 Å². The van der Waals surface area contributed by atoms with Crippen molar-refractivity contribution in [2.24, 2.45) is 11.1 Å². The highest BCUT2D eigenvalue weighted by molar-refractivity contribution is 9.10. The van der Waals surface area contributed by atoms with Gasteiger partial charge in [0.05, 0.1) is 10.0 Å². The molecule has 1 fully saturated rings. The van der Waals surface area contributed by atoms with Crippen molar-refractivity contribution in [1.29, 1.82) is 0 Å². The number of carbonyl (C=O) groups is 1. The fourth-order valence-electron chi connectivity index (χ4n) is 2.13. The quantitative estimate of drug-likeness (QED) is 0.794. The number of rotatable bonds is 3. The van der Waals surface area contributed by atoms with Crippen LogP contribution in [0.1, 0.15) is 12.8 Å². The number of halogens is 2. The van der Waals surface area contributed by atoms with Gasteiger partial charge in [0.25, 0.3) is 0 Å². The summed E-state index contributed by atoms with van der Waals surface area (Å²) in [7, 11) is 0. The Hall–Kier alpha value is -0.690. The second-order valence-corrected chi connectivity index (χ2v) is 6.34. The fraction of sp³-hybridized carbons (Fsp3) is 0.385. The van der Waals surface area contributed by atoms with E-state index < -0.39 is 5.41 Å². The molecule has 0 bridgehead atoms. The summed E-state index contributed by atoms with van der Waals surface area (Å²) in [5.74, 6) is -0.192. The van der Waals surface area contributed by atoms with E-state index in [1.165, 1.54) is 0 Å². The van der Waals surface area contributed by atoms with Crippen molar-refractivity contribution in [2.45, 2.75) is 12.8 Å². The minimum atomic E-state index is -0.834. The van der Waals surface area contributed by atoms with Crippen LogP contribution in [0.4, 0.5) is 5.69 Å². The normalized spacial score (nSPS) is 17.5. The van der Waals surface area contributed by atoms with E-state index in [1.807, 2.05) is 0 Å². The Morgan fingerprint density at radius 3 is 2.65 bits per heavy atom. The summed E-state index contributed by atoms with van der Waals surface area (Å²) in [6.07, 6.45) is 1.01. The Morgan fingerprint density at radius 1 is 1.45 bits per heavy atom. The molecule has 4 nitrogen and oxygen atoms in total. The smallest absolute Gasteiger partial charge is 0.237 e. The average molecular weight is 378 g/mol. The largest absolute Gasteiger partial charge is 0.392 e. The van der Waals surface area contributed by atoms with Crippen molar-refractivity contribution in [3.8, 4) is 0 Å². The van der Waals surface area contributed by atoms with Crippen molar-refractivity contribution in [3.05, 3.63) is 27.7 Å². The van der Waals surface area contributed by atoms with Crippen LogP contribution >= 0.6 is 39.7 Å². The Kier molecular flexibility index (Phi) is 5.01. The lowest BCUT2D eigenvalue weighted by Gasteiger charge is -2.34. The number of ether oxygens (including phenoxy) is 1. The molecule has 0 aromatic heterocycles. The number of thiocarbonyl (C=S) groups is 1. The molecule has 0 atom stereocenters. The van der Waals surface area contributed by atoms with Gasteiger partial charge in [-0.25, -0.2) is 0 Å². The van der Waals surface area contributed by atoms with Crippen LogP contribution in [0.5, 0.6) is 0 Å². The number of nitrogens with two attached hydrogens (primary N) is 1. The number of carbonyl (C=O) groups excluding carboxylic acids is 1. The van der Waals surface area contributed by atoms with E-state index in [0.29, 0.717) is 41.2 Å². The zero-order valence-corrected chi connectivity index (χ0v) is 13.8. The van der Waals surface area contributed by atoms with Gasteiger partial charge in [-0.05, 0) is 47.0 Å². The molecule has 3 N–H and O–H groups in total. The molecule has 7 heteroatoms. The lowest BCUT2D eigenvalue weighted by atomic mass is 9.79. The second kappa shape index (κ2) is 6.39. The third-order valence-corrected chi connectivity index (χ3v) is 5.03. The molecule has 1 aromatic rings. The van der Waals surface area contributed by atoms with E-state index in [-0.39, 0.29) is 10.9 Å². The highest BCUT2D eigenvalue weighted by Gasteiger charge is 2.43. The van der Waals surface area contributed by atoms with Gasteiger partial charge in [-0.1, -0.05) is 23.8 Å². The van der Waals surface area contributed by atoms with E-state index in [9.17, 15) is 4.79 Å². The minimum absolute atomic E-state index is 0.192. The zero-order chi connectivity index (χ0) is 14.8. The highest BCUT2D eigenvalue weighted by atomic mass is 79.9. The molecule has 1 heterocycles. The Balaban J connectivity index is 2.20. The molecule has 2 rings (SSSR count). The van der Waals surface area contributed by atoms with E-state index in [2.05, 4.69) is 21.2 Å². The summed E-state index contributed by atoms with van der Waals surface area (Å²) < 4.78 is 6.01. The molecule has 1 aromatic carbocycles. The molecule has 1 amide bonds. The minimum Gasteiger partial charge on any atom is -0.392 e. The van der Waals surface area contributed by atoms with E-state index in [0.717, 1.165) is 0 Å². The van der Waals surface area contributed by atoms with Gasteiger partial charge in [-0.15, -0.1) is 0 Å². The Morgan fingerprint density at radius 2 is 2.10 bits per heavy atom. The first-order valence-electron chi connectivity index (χ1n) is 6.10. The second-order valence-electron chi connectivity index (χ2n) is 4.64. The number of hydrogen-bond donors (Lipinski definition) is 2. The summed E-state index contributed by atoms with van der Waals surface area (Å²) in [6, 6.07) is 5.18. The first-order valence-corrected chi connectivity index (χ1v) is 7.68. The topological polar surface area (TPSA) is 64.4 Å². The third-order valence-electron chi connectivity index (χ3n) is 3.43. The van der Waals surface area contributed by atoms with Crippen LogP contribution < -0.4 is 11.1 Å². The van der Waals surface area contributed by atoms with Crippen LogP contribution in [0.25, 0.3) is 0 Å². The van der Waals surface area contributed by atoms with Gasteiger partial charge >= 0.3 is 0 Å². The molecule has 0 spiro atoms. The molecule has 1 aliphatic heterocycles. The van der Waals surface area contributed by atoms with E-state index in [1.54, 1.807) is 18.2 Å². The number of nitrogens with one attached hydrogen (secondary N) is 1. The fourth-order valence-corrected chi connectivity index (χ4v) is 2.92. The zero-order valence-electron chi connectivity index (χ0n) is 10.6. The predicted molar refractivity (Wildman–Crippen MR) is 87.1 cm³/mol. The van der Waals surface area contributed by atoms with Gasteiger partial charge in [0.1, 0.15) is 5.41 Å². The monoisotopic (exact) mass is 376 g/mol. The summed E-state index contributed by atoms with van der Waals surface area (Å²) in [5, 5.41) is 3.43. The van der Waals surface area contributed by atoms with Crippen molar-refractivity contribution in [2.75, 3.05) is 18.5 Å². The standard InChI is InChI=1S/C13H14BrClN2O2S/c14-9-7-8(1-2-10(9)15)17-12(18)13(11(16)20)3-5-19-6-4-13/h1-2,7H,3-6H2,(H2,16,20)(H,17,18). The van der Waals surface area contributed by atoms with E-state index in [4.69, 9.17) is 34.3 Å². The van der Waals surface area contributed by atoms with Crippen LogP contribution in [0.3, 0.4) is 0 Å². The molecule has 1 saturated heterocycles. The maximum Gasteiger partial charge on any atom is 0.237 e. The lowest BCUT2D eigenvalue weighted by Crippen LogP contribution is -2.49. The molecule has 0 unspecified atom stereocenters. The Labute approximate surface area is 136 Å². The maximum atomic E-state index is 12.5. The lowest BCUT2D eigenvalue weighted by molar-refractivity contribution is -0.126. The molecule has 0 aliphatic carbocycles. The number of amides is 1. The SMILES string of the molecule is NC(=S)C1(C(=O)Nc2ccc(Cl)c(Br)c2)CCOCC1. The Bertz CT molecular complexity index is 547. The van der Waals surface area contributed by atoms with Crippen LogP contribution in [0.15, 0.2) is 22.7 Å². The van der Waals surface area contributed by atoms with Gasteiger partial charge in [-0.2, -0.15) is 0 Å². The summed E-state index contributed by atoms with van der Waals surface area (Å²) >= 11 is 14.3. The van der Waals surface area contributed by atoms with Crippen LogP contribution in [0, 0.1) is 5.41 Å². The number of benzene rings is 1.